The average Bonchev–Trinajstić information content (AvgIpc) is 2.47. The fourth-order valence-electron chi connectivity index (χ4n) is 2.26. The van der Waals surface area contributed by atoms with Gasteiger partial charge in [0.05, 0.1) is 5.16 Å². The van der Waals surface area contributed by atoms with Crippen molar-refractivity contribution < 1.29 is 9.46 Å². The van der Waals surface area contributed by atoms with Crippen LogP contribution in [0.5, 0.6) is 0 Å². The maximum absolute atomic E-state index is 12.8. The van der Waals surface area contributed by atoms with Crippen LogP contribution in [0.2, 0.25) is 0 Å². The average molecular weight is 355 g/mol. The molecule has 0 rings (SSSR count). The number of hydrogen-bond donors (Lipinski definition) is 1. The van der Waals surface area contributed by atoms with E-state index in [1.807, 2.05) is 13.8 Å². The van der Waals surface area contributed by atoms with Gasteiger partial charge in [-0.2, -0.15) is 0 Å². The molecule has 128 valence electrons. The third kappa shape index (κ3) is 7.81. The largest absolute Gasteiger partial charge is 0.336 e. The van der Waals surface area contributed by atoms with Gasteiger partial charge in [-0.3, -0.25) is 4.57 Å². The first-order chi connectivity index (χ1) is 9.86. The highest BCUT2D eigenvalue weighted by Gasteiger charge is 2.42. The minimum Gasteiger partial charge on any atom is -0.336 e. The summed E-state index contributed by atoms with van der Waals surface area (Å²) in [7, 11) is 2.89. The van der Waals surface area contributed by atoms with Gasteiger partial charge < -0.3 is 4.89 Å². The van der Waals surface area contributed by atoms with E-state index < -0.39 is 11.7 Å². The summed E-state index contributed by atoms with van der Waals surface area (Å²) in [5.74, 6) is 1.69. The minimum atomic E-state index is -3.16. The summed E-state index contributed by atoms with van der Waals surface area (Å²) in [5.41, 5.74) is 0. The Hall–Kier alpha value is 0.890. The third-order valence-electron chi connectivity index (χ3n) is 4.51. The molecule has 0 aliphatic heterocycles. The lowest BCUT2D eigenvalue weighted by molar-refractivity contribution is 0.420. The van der Waals surface area contributed by atoms with E-state index in [-0.39, 0.29) is 0 Å². The second kappa shape index (κ2) is 11.4. The molecule has 3 atom stereocenters. The normalized spacial score (nSPS) is 19.0. The molecule has 3 unspecified atom stereocenters. The predicted octanol–water partition coefficient (Wildman–Crippen LogP) is 7.13. The Balaban J connectivity index is 4.41. The molecule has 0 aromatic heterocycles. The van der Waals surface area contributed by atoms with Crippen molar-refractivity contribution in [2.75, 3.05) is 5.75 Å². The summed E-state index contributed by atoms with van der Waals surface area (Å²) in [6, 6.07) is 0. The first-order valence-corrected chi connectivity index (χ1v) is 13.1. The van der Waals surface area contributed by atoms with Crippen LogP contribution in [0, 0.1) is 5.92 Å². The van der Waals surface area contributed by atoms with Crippen molar-refractivity contribution in [2.45, 2.75) is 91.1 Å². The highest BCUT2D eigenvalue weighted by atomic mass is 33.3. The van der Waals surface area contributed by atoms with Crippen LogP contribution >= 0.6 is 27.8 Å². The van der Waals surface area contributed by atoms with Gasteiger partial charge in [0, 0.05) is 5.75 Å². The van der Waals surface area contributed by atoms with Gasteiger partial charge in [-0.15, -0.1) is 0 Å². The Morgan fingerprint density at radius 3 is 2.24 bits per heavy atom. The predicted molar refractivity (Wildman–Crippen MR) is 101 cm³/mol. The lowest BCUT2D eigenvalue weighted by Crippen LogP contribution is -2.22. The lowest BCUT2D eigenvalue weighted by Gasteiger charge is -2.32. The van der Waals surface area contributed by atoms with Gasteiger partial charge >= 0.3 is 0 Å². The molecular weight excluding hydrogens is 319 g/mol. The standard InChI is InChI=1S/C16H35O2PS2/c1-6-10-12-15(8-3)14-20-21-19(17,18)16(5,9-4)13-11-7-2/h15H,6-14H2,1-5H3,(H,17,18). The summed E-state index contributed by atoms with van der Waals surface area (Å²) < 4.78 is 12.8. The van der Waals surface area contributed by atoms with Crippen LogP contribution in [-0.4, -0.2) is 15.8 Å². The molecule has 0 aliphatic rings. The van der Waals surface area contributed by atoms with Crippen molar-refractivity contribution in [1.29, 1.82) is 0 Å². The van der Waals surface area contributed by atoms with Gasteiger partial charge in [-0.25, -0.2) is 0 Å². The molecule has 0 spiro atoms. The molecule has 0 aliphatic carbocycles. The molecular formula is C16H35O2PS2. The van der Waals surface area contributed by atoms with Crippen LogP contribution in [0.3, 0.4) is 0 Å². The molecule has 21 heavy (non-hydrogen) atoms. The van der Waals surface area contributed by atoms with Crippen molar-refractivity contribution in [3.63, 3.8) is 0 Å². The molecule has 0 bridgehead atoms. The van der Waals surface area contributed by atoms with Crippen molar-refractivity contribution in [2.24, 2.45) is 5.92 Å². The Morgan fingerprint density at radius 1 is 1.14 bits per heavy atom. The highest BCUT2D eigenvalue weighted by molar-refractivity contribution is 8.99. The van der Waals surface area contributed by atoms with E-state index in [2.05, 4.69) is 20.8 Å². The molecule has 0 radical (unpaired) electrons. The van der Waals surface area contributed by atoms with E-state index in [0.717, 1.165) is 31.4 Å². The summed E-state index contributed by atoms with van der Waals surface area (Å²) in [5, 5.41) is -0.425. The maximum Gasteiger partial charge on any atom is 0.271 e. The third-order valence-corrected chi connectivity index (χ3v) is 12.8. The molecule has 2 nitrogen and oxygen atoms in total. The number of unbranched alkanes of at least 4 members (excludes halogenated alkanes) is 2. The van der Waals surface area contributed by atoms with Gasteiger partial charge in [-0.1, -0.05) is 70.6 Å². The van der Waals surface area contributed by atoms with Gasteiger partial charge in [-0.05, 0) is 42.5 Å². The molecule has 0 heterocycles. The Bertz CT molecular complexity index is 313. The molecule has 0 fully saturated rings. The fraction of sp³-hybridized carbons (Fsp3) is 1.00. The van der Waals surface area contributed by atoms with E-state index in [1.165, 1.54) is 36.1 Å². The van der Waals surface area contributed by atoms with Crippen LogP contribution in [0.25, 0.3) is 0 Å². The zero-order valence-corrected chi connectivity index (χ0v) is 17.1. The van der Waals surface area contributed by atoms with Crippen LogP contribution < -0.4 is 0 Å². The summed E-state index contributed by atoms with van der Waals surface area (Å²) >= 11 is 0. The number of hydrogen-bond acceptors (Lipinski definition) is 3. The highest BCUT2D eigenvalue weighted by Crippen LogP contribution is 2.71. The molecule has 1 N–H and O–H groups in total. The van der Waals surface area contributed by atoms with E-state index in [9.17, 15) is 9.46 Å². The van der Waals surface area contributed by atoms with Crippen molar-refractivity contribution in [3.05, 3.63) is 0 Å². The Kier molecular flexibility index (Phi) is 11.9. The van der Waals surface area contributed by atoms with Gasteiger partial charge in [0.2, 0.25) is 0 Å². The smallest absolute Gasteiger partial charge is 0.271 e. The maximum atomic E-state index is 12.8. The van der Waals surface area contributed by atoms with Crippen LogP contribution in [0.4, 0.5) is 0 Å². The van der Waals surface area contributed by atoms with Crippen molar-refractivity contribution in [1.82, 2.24) is 0 Å². The summed E-state index contributed by atoms with van der Waals surface area (Å²) in [4.78, 5) is 10.5. The minimum absolute atomic E-state index is 0.425. The fourth-order valence-corrected chi connectivity index (χ4v) is 9.92. The van der Waals surface area contributed by atoms with E-state index >= 15 is 0 Å². The molecule has 0 saturated carbocycles. The van der Waals surface area contributed by atoms with Gasteiger partial charge in [0.15, 0.2) is 0 Å². The van der Waals surface area contributed by atoms with Crippen molar-refractivity contribution in [3.8, 4) is 0 Å². The van der Waals surface area contributed by atoms with Crippen LogP contribution in [0.15, 0.2) is 0 Å². The molecule has 0 amide bonds. The van der Waals surface area contributed by atoms with E-state index in [0.29, 0.717) is 5.92 Å². The molecule has 0 aromatic carbocycles. The number of rotatable bonds is 13. The molecule has 0 aromatic rings. The first-order valence-electron chi connectivity index (χ1n) is 8.50. The lowest BCUT2D eigenvalue weighted by atomic mass is 10.0. The first kappa shape index (κ1) is 21.9. The van der Waals surface area contributed by atoms with E-state index in [4.69, 9.17) is 0 Å². The second-order valence-electron chi connectivity index (χ2n) is 6.25. The van der Waals surface area contributed by atoms with Crippen LogP contribution in [-0.2, 0) is 4.57 Å². The Morgan fingerprint density at radius 2 is 1.76 bits per heavy atom. The topological polar surface area (TPSA) is 37.3 Å². The van der Waals surface area contributed by atoms with Gasteiger partial charge in [0.25, 0.3) is 6.57 Å². The zero-order chi connectivity index (χ0) is 16.4. The van der Waals surface area contributed by atoms with Gasteiger partial charge in [0.1, 0.15) is 0 Å². The molecule has 5 heteroatoms. The zero-order valence-electron chi connectivity index (χ0n) is 14.6. The monoisotopic (exact) mass is 354 g/mol. The quantitative estimate of drug-likeness (QED) is 0.282. The second-order valence-corrected chi connectivity index (χ2v) is 13.1. The summed E-state index contributed by atoms with van der Waals surface area (Å²) in [6.45, 7) is 7.46. The van der Waals surface area contributed by atoms with Crippen LogP contribution in [0.1, 0.15) is 86.0 Å². The van der Waals surface area contributed by atoms with E-state index in [1.54, 1.807) is 10.8 Å². The summed E-state index contributed by atoms with van der Waals surface area (Å²) in [6.07, 6.45) is 8.68. The SMILES string of the molecule is CCCCC(CC)CSSP(=O)(O)C(C)(CC)CCCC. The Labute approximate surface area is 140 Å². The van der Waals surface area contributed by atoms with Crippen molar-refractivity contribution >= 4 is 27.8 Å². The molecule has 0 saturated heterocycles.